The molecule has 30 heavy (non-hydrogen) atoms. The third kappa shape index (κ3) is 4.08. The average molecular weight is 422 g/mol. The van der Waals surface area contributed by atoms with Gasteiger partial charge < -0.3 is 15.2 Å². The molecule has 0 fully saturated rings. The van der Waals surface area contributed by atoms with E-state index in [9.17, 15) is 14.3 Å². The monoisotopic (exact) mass is 422 g/mol. The van der Waals surface area contributed by atoms with E-state index in [1.165, 1.54) is 23.9 Å². The molecule has 3 aromatic carbocycles. The maximum absolute atomic E-state index is 14.7. The van der Waals surface area contributed by atoms with Gasteiger partial charge in [0, 0.05) is 46.2 Å². The van der Waals surface area contributed by atoms with Crippen molar-refractivity contribution in [1.82, 2.24) is 5.32 Å². The van der Waals surface area contributed by atoms with Crippen molar-refractivity contribution in [2.45, 2.75) is 9.79 Å². The summed E-state index contributed by atoms with van der Waals surface area (Å²) in [6.45, 7) is 0.824. The van der Waals surface area contributed by atoms with Crippen LogP contribution in [0.5, 0.6) is 5.75 Å². The van der Waals surface area contributed by atoms with Crippen LogP contribution in [0.4, 0.5) is 10.1 Å². The Balaban J connectivity index is 1.82. The van der Waals surface area contributed by atoms with Gasteiger partial charge in [-0.15, -0.1) is 0 Å². The molecular weight excluding hydrogens is 403 g/mol. The SMILES string of the molecule is COCCNC(=O)c1ccc2c(c1)N=C(c1ccc(O)cc1F)c1ccccc1S2. The Morgan fingerprint density at radius 1 is 1.10 bits per heavy atom. The van der Waals surface area contributed by atoms with Crippen LogP contribution in [-0.4, -0.2) is 37.0 Å². The number of hydrogen-bond donors (Lipinski definition) is 2. The molecule has 1 aliphatic rings. The van der Waals surface area contributed by atoms with Crippen LogP contribution in [0.15, 0.2) is 75.4 Å². The standard InChI is InChI=1S/C23H19FN2O3S/c1-29-11-10-25-23(28)14-6-9-21-19(12-14)26-22(16-8-7-15(27)13-18(16)24)17-4-2-3-5-20(17)30-21/h2-9,12-13,27H,10-11H2,1H3,(H,25,28). The summed E-state index contributed by atoms with van der Waals surface area (Å²) >= 11 is 1.51. The molecule has 152 valence electrons. The molecule has 0 aromatic heterocycles. The first-order valence-corrected chi connectivity index (χ1v) is 10.1. The fourth-order valence-corrected chi connectivity index (χ4v) is 4.16. The van der Waals surface area contributed by atoms with Gasteiger partial charge in [0.1, 0.15) is 11.6 Å². The second-order valence-electron chi connectivity index (χ2n) is 6.65. The number of rotatable bonds is 5. The number of amides is 1. The van der Waals surface area contributed by atoms with Crippen LogP contribution in [-0.2, 0) is 4.74 Å². The van der Waals surface area contributed by atoms with Gasteiger partial charge in [-0.05, 0) is 36.4 Å². The molecule has 0 saturated carbocycles. The largest absolute Gasteiger partial charge is 0.508 e. The third-order valence-electron chi connectivity index (χ3n) is 4.62. The van der Waals surface area contributed by atoms with Crippen molar-refractivity contribution in [2.24, 2.45) is 4.99 Å². The van der Waals surface area contributed by atoms with E-state index in [4.69, 9.17) is 9.73 Å². The van der Waals surface area contributed by atoms with Crippen LogP contribution < -0.4 is 5.32 Å². The lowest BCUT2D eigenvalue weighted by Gasteiger charge is -2.10. The second kappa shape index (κ2) is 8.69. The lowest BCUT2D eigenvalue weighted by Crippen LogP contribution is -2.26. The molecule has 1 heterocycles. The van der Waals surface area contributed by atoms with Gasteiger partial charge in [0.2, 0.25) is 0 Å². The number of phenols is 1. The first-order valence-electron chi connectivity index (χ1n) is 9.33. The Bertz CT molecular complexity index is 1150. The van der Waals surface area contributed by atoms with E-state index < -0.39 is 5.82 Å². The van der Waals surface area contributed by atoms with Gasteiger partial charge in [-0.25, -0.2) is 9.38 Å². The van der Waals surface area contributed by atoms with E-state index >= 15 is 0 Å². The molecule has 2 N–H and O–H groups in total. The quantitative estimate of drug-likeness (QED) is 0.463. The number of methoxy groups -OCH3 is 1. The van der Waals surface area contributed by atoms with Crippen molar-refractivity contribution >= 4 is 29.1 Å². The van der Waals surface area contributed by atoms with Crippen LogP contribution >= 0.6 is 11.8 Å². The number of carbonyl (C=O) groups is 1. The van der Waals surface area contributed by atoms with Crippen molar-refractivity contribution < 1.29 is 19.0 Å². The normalized spacial score (nSPS) is 12.4. The topological polar surface area (TPSA) is 70.9 Å². The van der Waals surface area contributed by atoms with Gasteiger partial charge in [-0.2, -0.15) is 0 Å². The smallest absolute Gasteiger partial charge is 0.251 e. The summed E-state index contributed by atoms with van der Waals surface area (Å²) in [5.74, 6) is -0.941. The summed E-state index contributed by atoms with van der Waals surface area (Å²) in [5, 5.41) is 12.4. The Morgan fingerprint density at radius 3 is 2.73 bits per heavy atom. The summed E-state index contributed by atoms with van der Waals surface area (Å²) < 4.78 is 19.7. The van der Waals surface area contributed by atoms with E-state index in [1.54, 1.807) is 19.2 Å². The van der Waals surface area contributed by atoms with Crippen LogP contribution in [0.1, 0.15) is 21.5 Å². The van der Waals surface area contributed by atoms with Crippen molar-refractivity contribution in [1.29, 1.82) is 0 Å². The van der Waals surface area contributed by atoms with Crippen molar-refractivity contribution in [3.8, 4) is 5.75 Å². The third-order valence-corrected chi connectivity index (χ3v) is 5.76. The van der Waals surface area contributed by atoms with E-state index in [1.807, 2.05) is 30.3 Å². The summed E-state index contributed by atoms with van der Waals surface area (Å²) in [5.41, 5.74) is 2.56. The van der Waals surface area contributed by atoms with Gasteiger partial charge in [-0.1, -0.05) is 30.0 Å². The molecule has 4 rings (SSSR count). The number of carbonyl (C=O) groups excluding carboxylic acids is 1. The molecule has 0 atom stereocenters. The van der Waals surface area contributed by atoms with Gasteiger partial charge in [0.15, 0.2) is 0 Å². The van der Waals surface area contributed by atoms with Crippen LogP contribution in [0.25, 0.3) is 0 Å². The highest BCUT2D eigenvalue weighted by Crippen LogP contribution is 2.42. The Hall–Kier alpha value is -3.16. The highest BCUT2D eigenvalue weighted by molar-refractivity contribution is 7.99. The minimum Gasteiger partial charge on any atom is -0.508 e. The molecule has 0 unspecified atom stereocenters. The molecule has 0 spiro atoms. The molecule has 0 saturated heterocycles. The predicted octanol–water partition coefficient (Wildman–Crippen LogP) is 4.54. The number of aromatic hydroxyl groups is 1. The van der Waals surface area contributed by atoms with E-state index in [0.717, 1.165) is 21.4 Å². The minimum atomic E-state index is -0.564. The number of nitrogens with zero attached hydrogens (tertiary/aromatic N) is 1. The van der Waals surface area contributed by atoms with Crippen molar-refractivity contribution in [3.63, 3.8) is 0 Å². The summed E-state index contributed by atoms with van der Waals surface area (Å²) in [6.07, 6.45) is 0. The van der Waals surface area contributed by atoms with Crippen LogP contribution in [0.3, 0.4) is 0 Å². The minimum absolute atomic E-state index is 0.149. The summed E-state index contributed by atoms with van der Waals surface area (Å²) in [4.78, 5) is 19.0. The summed E-state index contributed by atoms with van der Waals surface area (Å²) in [6, 6.07) is 16.9. The first kappa shape index (κ1) is 20.1. The number of nitrogens with one attached hydrogen (secondary N) is 1. The fourth-order valence-electron chi connectivity index (χ4n) is 3.15. The number of benzene rings is 3. The molecule has 0 aliphatic carbocycles. The maximum Gasteiger partial charge on any atom is 0.251 e. The molecular formula is C23H19FN2O3S. The number of aliphatic imine (C=N–C) groups is 1. The lowest BCUT2D eigenvalue weighted by atomic mass is 10.0. The Morgan fingerprint density at radius 2 is 1.93 bits per heavy atom. The van der Waals surface area contributed by atoms with Crippen LogP contribution in [0.2, 0.25) is 0 Å². The predicted molar refractivity (Wildman–Crippen MR) is 115 cm³/mol. The molecule has 0 radical (unpaired) electrons. The van der Waals surface area contributed by atoms with Crippen molar-refractivity contribution in [3.05, 3.63) is 83.2 Å². The number of hydrogen-bond acceptors (Lipinski definition) is 5. The fraction of sp³-hybridized carbons (Fsp3) is 0.130. The molecule has 3 aromatic rings. The Kier molecular flexibility index (Phi) is 5.83. The molecule has 5 nitrogen and oxygen atoms in total. The van der Waals surface area contributed by atoms with E-state index in [0.29, 0.717) is 30.1 Å². The first-order chi connectivity index (χ1) is 14.6. The van der Waals surface area contributed by atoms with E-state index in [-0.39, 0.29) is 17.2 Å². The second-order valence-corrected chi connectivity index (χ2v) is 7.74. The van der Waals surface area contributed by atoms with Gasteiger partial charge in [-0.3, -0.25) is 4.79 Å². The van der Waals surface area contributed by atoms with Gasteiger partial charge in [0.05, 0.1) is 18.0 Å². The zero-order valence-corrected chi connectivity index (χ0v) is 17.0. The highest BCUT2D eigenvalue weighted by atomic mass is 32.2. The number of halogens is 1. The molecule has 0 bridgehead atoms. The summed E-state index contributed by atoms with van der Waals surface area (Å²) in [7, 11) is 1.57. The molecule has 1 amide bonds. The lowest BCUT2D eigenvalue weighted by molar-refractivity contribution is 0.0937. The van der Waals surface area contributed by atoms with Crippen LogP contribution in [0, 0.1) is 5.82 Å². The number of phenolic OH excluding ortho intramolecular Hbond substituents is 1. The molecule has 7 heteroatoms. The Labute approximate surface area is 177 Å². The zero-order chi connectivity index (χ0) is 21.1. The number of fused-ring (bicyclic) bond motifs is 2. The van der Waals surface area contributed by atoms with Gasteiger partial charge >= 0.3 is 0 Å². The molecule has 1 aliphatic heterocycles. The number of ether oxygens (including phenoxy) is 1. The van der Waals surface area contributed by atoms with Gasteiger partial charge in [0.25, 0.3) is 5.91 Å². The van der Waals surface area contributed by atoms with Crippen molar-refractivity contribution in [2.75, 3.05) is 20.3 Å². The maximum atomic E-state index is 14.7. The average Bonchev–Trinajstić information content (AvgIpc) is 2.90. The zero-order valence-electron chi connectivity index (χ0n) is 16.2. The highest BCUT2D eigenvalue weighted by Gasteiger charge is 2.22. The van der Waals surface area contributed by atoms with E-state index in [2.05, 4.69) is 5.32 Å².